The van der Waals surface area contributed by atoms with Crippen LogP contribution in [0.25, 0.3) is 0 Å². The number of aromatic nitrogens is 3. The highest BCUT2D eigenvalue weighted by Crippen LogP contribution is 2.19. The van der Waals surface area contributed by atoms with Crippen molar-refractivity contribution >= 4 is 11.8 Å². The first kappa shape index (κ1) is 14.5. The van der Waals surface area contributed by atoms with E-state index in [0.717, 1.165) is 0 Å². The van der Waals surface area contributed by atoms with Gasteiger partial charge in [-0.25, -0.2) is 4.98 Å². The Bertz CT molecular complexity index is 511. The lowest BCUT2D eigenvalue weighted by atomic mass is 9.98. The summed E-state index contributed by atoms with van der Waals surface area (Å²) >= 11 is 0. The Kier molecular flexibility index (Phi) is 4.06. The van der Waals surface area contributed by atoms with Gasteiger partial charge in [-0.3, -0.25) is 14.3 Å². The molecule has 1 aromatic heterocycles. The number of rotatable bonds is 4. The number of carbonyl (C=O) groups excluding carboxylic acids is 2. The minimum Gasteiger partial charge on any atom is -0.343 e. The van der Waals surface area contributed by atoms with Gasteiger partial charge in [-0.1, -0.05) is 13.8 Å². The van der Waals surface area contributed by atoms with Crippen molar-refractivity contribution in [2.45, 2.75) is 45.8 Å². The zero-order valence-electron chi connectivity index (χ0n) is 12.3. The van der Waals surface area contributed by atoms with Gasteiger partial charge in [0.1, 0.15) is 24.2 Å². The summed E-state index contributed by atoms with van der Waals surface area (Å²) in [6, 6.07) is -0.922. The van der Waals surface area contributed by atoms with Crippen LogP contribution in [0.1, 0.15) is 33.0 Å². The molecule has 7 heteroatoms. The van der Waals surface area contributed by atoms with Crippen molar-refractivity contribution in [1.29, 1.82) is 0 Å². The number of aryl methyl sites for hydroxylation is 1. The summed E-state index contributed by atoms with van der Waals surface area (Å²) < 4.78 is 1.62. The number of nitrogens with zero attached hydrogens (tertiary/aromatic N) is 4. The molecule has 0 saturated carbocycles. The zero-order chi connectivity index (χ0) is 14.9. The molecule has 0 aromatic carbocycles. The first-order chi connectivity index (χ1) is 9.40. The Hall–Kier alpha value is -1.92. The Morgan fingerprint density at radius 2 is 2.10 bits per heavy atom. The number of piperazine rings is 1. The van der Waals surface area contributed by atoms with Crippen molar-refractivity contribution in [3.05, 3.63) is 12.2 Å². The molecule has 0 spiro atoms. The molecule has 1 fully saturated rings. The SMILES string of the molecule is CC(C)CC1C(=O)NC(C)C(=O)N1Cc1ncnn1C. The maximum Gasteiger partial charge on any atom is 0.245 e. The largest absolute Gasteiger partial charge is 0.343 e. The van der Waals surface area contributed by atoms with Gasteiger partial charge in [0.15, 0.2) is 0 Å². The molecule has 0 aliphatic carbocycles. The van der Waals surface area contributed by atoms with Crippen molar-refractivity contribution in [1.82, 2.24) is 25.0 Å². The molecule has 0 radical (unpaired) electrons. The summed E-state index contributed by atoms with van der Waals surface area (Å²) in [5, 5.41) is 6.73. The van der Waals surface area contributed by atoms with Gasteiger partial charge in [0.2, 0.25) is 11.8 Å². The number of hydrogen-bond acceptors (Lipinski definition) is 4. The van der Waals surface area contributed by atoms with Crippen LogP contribution in [0.3, 0.4) is 0 Å². The minimum absolute atomic E-state index is 0.0711. The molecule has 2 amide bonds. The van der Waals surface area contributed by atoms with Gasteiger partial charge in [-0.2, -0.15) is 5.10 Å². The van der Waals surface area contributed by atoms with Gasteiger partial charge in [0.25, 0.3) is 0 Å². The number of nitrogens with one attached hydrogen (secondary N) is 1. The van der Waals surface area contributed by atoms with Crippen LogP contribution < -0.4 is 5.32 Å². The molecule has 0 bridgehead atoms. The van der Waals surface area contributed by atoms with E-state index in [9.17, 15) is 9.59 Å². The van der Waals surface area contributed by atoms with Gasteiger partial charge in [-0.05, 0) is 19.3 Å². The fourth-order valence-corrected chi connectivity index (χ4v) is 2.40. The molecule has 1 aliphatic heterocycles. The van der Waals surface area contributed by atoms with Crippen LogP contribution in [0.15, 0.2) is 6.33 Å². The van der Waals surface area contributed by atoms with E-state index in [1.54, 1.807) is 23.6 Å². The smallest absolute Gasteiger partial charge is 0.245 e. The van der Waals surface area contributed by atoms with E-state index in [1.165, 1.54) is 6.33 Å². The van der Waals surface area contributed by atoms with E-state index in [2.05, 4.69) is 15.4 Å². The van der Waals surface area contributed by atoms with Crippen LogP contribution in [-0.2, 0) is 23.2 Å². The molecular formula is C13H21N5O2. The third kappa shape index (κ3) is 2.81. The van der Waals surface area contributed by atoms with Gasteiger partial charge < -0.3 is 10.2 Å². The monoisotopic (exact) mass is 279 g/mol. The standard InChI is InChI=1S/C13H21N5O2/c1-8(2)5-10-12(19)16-9(3)13(20)18(10)6-11-14-7-15-17(11)4/h7-10H,5-6H2,1-4H3,(H,16,19). The molecule has 7 nitrogen and oxygen atoms in total. The average molecular weight is 279 g/mol. The summed E-state index contributed by atoms with van der Waals surface area (Å²) in [6.07, 6.45) is 2.09. The highest BCUT2D eigenvalue weighted by atomic mass is 16.2. The Morgan fingerprint density at radius 3 is 2.65 bits per heavy atom. The second kappa shape index (κ2) is 5.60. The Morgan fingerprint density at radius 1 is 1.40 bits per heavy atom. The molecule has 1 saturated heterocycles. The Balaban J connectivity index is 2.24. The molecule has 2 rings (SSSR count). The molecule has 2 atom stereocenters. The number of carbonyl (C=O) groups is 2. The van der Waals surface area contributed by atoms with Gasteiger partial charge in [0.05, 0.1) is 6.54 Å². The topological polar surface area (TPSA) is 80.1 Å². The lowest BCUT2D eigenvalue weighted by Crippen LogP contribution is -2.62. The maximum absolute atomic E-state index is 12.4. The second-order valence-corrected chi connectivity index (χ2v) is 5.64. The predicted octanol–water partition coefficient (Wildman–Crippen LogP) is 0.0767. The van der Waals surface area contributed by atoms with Gasteiger partial charge in [-0.15, -0.1) is 0 Å². The van der Waals surface area contributed by atoms with E-state index in [4.69, 9.17) is 0 Å². The van der Waals surface area contributed by atoms with Crippen molar-refractivity contribution < 1.29 is 9.59 Å². The fourth-order valence-electron chi connectivity index (χ4n) is 2.40. The molecule has 2 heterocycles. The van der Waals surface area contributed by atoms with E-state index in [0.29, 0.717) is 24.7 Å². The van der Waals surface area contributed by atoms with Crippen LogP contribution >= 0.6 is 0 Å². The van der Waals surface area contributed by atoms with E-state index >= 15 is 0 Å². The third-order valence-corrected chi connectivity index (χ3v) is 3.50. The van der Waals surface area contributed by atoms with Crippen molar-refractivity contribution in [2.24, 2.45) is 13.0 Å². The van der Waals surface area contributed by atoms with Crippen molar-refractivity contribution in [3.8, 4) is 0 Å². The zero-order valence-corrected chi connectivity index (χ0v) is 12.3. The second-order valence-electron chi connectivity index (χ2n) is 5.64. The fraction of sp³-hybridized carbons (Fsp3) is 0.692. The maximum atomic E-state index is 12.4. The predicted molar refractivity (Wildman–Crippen MR) is 72.4 cm³/mol. The number of hydrogen-bond donors (Lipinski definition) is 1. The molecular weight excluding hydrogens is 258 g/mol. The molecule has 2 unspecified atom stereocenters. The van der Waals surface area contributed by atoms with E-state index in [1.807, 2.05) is 13.8 Å². The lowest BCUT2D eigenvalue weighted by molar-refractivity contribution is -0.150. The molecule has 1 aliphatic rings. The molecule has 110 valence electrons. The molecule has 1 aromatic rings. The van der Waals surface area contributed by atoms with E-state index in [-0.39, 0.29) is 11.8 Å². The van der Waals surface area contributed by atoms with Crippen molar-refractivity contribution in [2.75, 3.05) is 0 Å². The van der Waals surface area contributed by atoms with Crippen molar-refractivity contribution in [3.63, 3.8) is 0 Å². The normalized spacial score (nSPS) is 23.4. The van der Waals surface area contributed by atoms with Gasteiger partial charge >= 0.3 is 0 Å². The minimum atomic E-state index is -0.487. The summed E-state index contributed by atoms with van der Waals surface area (Å²) in [6.45, 7) is 6.09. The average Bonchev–Trinajstić information content (AvgIpc) is 2.76. The first-order valence-corrected chi connectivity index (χ1v) is 6.84. The van der Waals surface area contributed by atoms with Crippen LogP contribution in [0.4, 0.5) is 0 Å². The summed E-state index contributed by atoms with van der Waals surface area (Å²) in [5.74, 6) is 0.842. The quantitative estimate of drug-likeness (QED) is 0.846. The Labute approximate surface area is 118 Å². The third-order valence-electron chi connectivity index (χ3n) is 3.50. The lowest BCUT2D eigenvalue weighted by Gasteiger charge is -2.38. The summed E-state index contributed by atoms with van der Waals surface area (Å²) in [5.41, 5.74) is 0. The molecule has 20 heavy (non-hydrogen) atoms. The first-order valence-electron chi connectivity index (χ1n) is 6.84. The summed E-state index contributed by atoms with van der Waals surface area (Å²) in [4.78, 5) is 30.3. The van der Waals surface area contributed by atoms with Crippen LogP contribution in [-0.4, -0.2) is 43.6 Å². The van der Waals surface area contributed by atoms with Gasteiger partial charge in [0, 0.05) is 7.05 Å². The summed E-state index contributed by atoms with van der Waals surface area (Å²) in [7, 11) is 1.78. The van der Waals surface area contributed by atoms with Crippen LogP contribution in [0, 0.1) is 5.92 Å². The number of amides is 2. The highest BCUT2D eigenvalue weighted by molar-refractivity contribution is 5.96. The van der Waals surface area contributed by atoms with Crippen LogP contribution in [0.5, 0.6) is 0 Å². The molecule has 1 N–H and O–H groups in total. The highest BCUT2D eigenvalue weighted by Gasteiger charge is 2.39. The van der Waals surface area contributed by atoms with Crippen LogP contribution in [0.2, 0.25) is 0 Å². The van der Waals surface area contributed by atoms with E-state index < -0.39 is 12.1 Å².